The lowest BCUT2D eigenvalue weighted by molar-refractivity contribution is -0.0419. The maximum atomic E-state index is 13.2. The Hall–Kier alpha value is -0.410. The molecule has 0 aromatic heterocycles. The fourth-order valence-electron chi connectivity index (χ4n) is 2.71. The van der Waals surface area contributed by atoms with E-state index in [2.05, 4.69) is 29.8 Å². The molecule has 0 amide bonds. The third kappa shape index (κ3) is 2.41. The summed E-state index contributed by atoms with van der Waals surface area (Å²) in [5.41, 5.74) is 0.258. The van der Waals surface area contributed by atoms with Crippen LogP contribution in [0.25, 0.3) is 0 Å². The fourth-order valence-corrected chi connectivity index (χ4v) is 3.13. The van der Waals surface area contributed by atoms with E-state index in [1.54, 1.807) is 12.1 Å². The smallest absolute Gasteiger partial charge is 0.137 e. The Labute approximate surface area is 110 Å². The lowest BCUT2D eigenvalue weighted by atomic mass is 9.74. The molecule has 1 atom stereocenters. The van der Waals surface area contributed by atoms with Crippen molar-refractivity contribution < 1.29 is 9.50 Å². The molecule has 0 heterocycles. The van der Waals surface area contributed by atoms with Gasteiger partial charge in [0.1, 0.15) is 5.82 Å². The van der Waals surface area contributed by atoms with Crippen LogP contribution in [0.5, 0.6) is 0 Å². The second kappa shape index (κ2) is 4.36. The van der Waals surface area contributed by atoms with Crippen LogP contribution in [0.1, 0.15) is 38.7 Å². The molecule has 0 radical (unpaired) electrons. The monoisotopic (exact) mass is 300 g/mol. The highest BCUT2D eigenvalue weighted by atomic mass is 79.9. The van der Waals surface area contributed by atoms with Gasteiger partial charge >= 0.3 is 0 Å². The minimum absolute atomic E-state index is 0.0616. The second-order valence-corrected chi connectivity index (χ2v) is 6.55. The summed E-state index contributed by atoms with van der Waals surface area (Å²) in [6.45, 7) is 4.22. The van der Waals surface area contributed by atoms with Crippen LogP contribution >= 0.6 is 15.9 Å². The summed E-state index contributed by atoms with van der Waals surface area (Å²) in [6.07, 6.45) is 3.53. The van der Waals surface area contributed by atoms with Gasteiger partial charge in [-0.25, -0.2) is 4.39 Å². The van der Waals surface area contributed by atoms with E-state index in [0.717, 1.165) is 24.8 Å². The Morgan fingerprint density at radius 2 is 2.06 bits per heavy atom. The lowest BCUT2D eigenvalue weighted by Gasteiger charge is -2.37. The lowest BCUT2D eigenvalue weighted by Crippen LogP contribution is -2.41. The van der Waals surface area contributed by atoms with Gasteiger partial charge in [-0.3, -0.25) is 0 Å². The van der Waals surface area contributed by atoms with Crippen LogP contribution in [0.15, 0.2) is 22.7 Å². The average Bonchev–Trinajstić information content (AvgIpc) is 2.47. The van der Waals surface area contributed by atoms with Gasteiger partial charge in [0, 0.05) is 6.42 Å². The molecular formula is C14H18BrFO. The minimum Gasteiger partial charge on any atom is -0.389 e. The Morgan fingerprint density at radius 3 is 2.59 bits per heavy atom. The standard InChI is InChI=1S/C14H18BrFO/c1-13(2)6-3-7-14(13,17)9-10-4-5-12(16)11(15)8-10/h4-5,8,17H,3,6-7,9H2,1-2H3. The summed E-state index contributed by atoms with van der Waals surface area (Å²) in [5, 5.41) is 10.7. The molecule has 0 spiro atoms. The maximum absolute atomic E-state index is 13.2. The van der Waals surface area contributed by atoms with Gasteiger partial charge in [-0.2, -0.15) is 0 Å². The highest BCUT2D eigenvalue weighted by Crippen LogP contribution is 2.47. The van der Waals surface area contributed by atoms with Crippen molar-refractivity contribution in [3.8, 4) is 0 Å². The molecule has 1 unspecified atom stereocenters. The van der Waals surface area contributed by atoms with E-state index in [9.17, 15) is 9.50 Å². The molecule has 3 heteroatoms. The number of hydrogen-bond acceptors (Lipinski definition) is 1. The van der Waals surface area contributed by atoms with Crippen molar-refractivity contribution in [3.63, 3.8) is 0 Å². The molecule has 1 saturated carbocycles. The fraction of sp³-hybridized carbons (Fsp3) is 0.571. The molecule has 1 nitrogen and oxygen atoms in total. The molecule has 1 aliphatic rings. The van der Waals surface area contributed by atoms with Crippen LogP contribution in [0.4, 0.5) is 4.39 Å². The van der Waals surface area contributed by atoms with E-state index in [0.29, 0.717) is 10.9 Å². The van der Waals surface area contributed by atoms with Crippen LogP contribution in [0, 0.1) is 11.2 Å². The van der Waals surface area contributed by atoms with Crippen molar-refractivity contribution in [3.05, 3.63) is 34.1 Å². The van der Waals surface area contributed by atoms with Crippen LogP contribution in [-0.4, -0.2) is 10.7 Å². The van der Waals surface area contributed by atoms with Gasteiger partial charge in [-0.1, -0.05) is 19.9 Å². The van der Waals surface area contributed by atoms with E-state index in [1.165, 1.54) is 6.07 Å². The molecule has 0 aliphatic heterocycles. The number of hydrogen-bond donors (Lipinski definition) is 1. The first-order chi connectivity index (χ1) is 7.84. The Balaban J connectivity index is 2.23. The van der Waals surface area contributed by atoms with Crippen LogP contribution in [0.3, 0.4) is 0 Å². The highest BCUT2D eigenvalue weighted by Gasteiger charge is 2.47. The van der Waals surface area contributed by atoms with Crippen molar-refractivity contribution in [2.75, 3.05) is 0 Å². The number of halogens is 2. The SMILES string of the molecule is CC1(C)CCCC1(O)Cc1ccc(F)c(Br)c1. The van der Waals surface area contributed by atoms with Crippen molar-refractivity contribution in [2.24, 2.45) is 5.41 Å². The first-order valence-electron chi connectivity index (χ1n) is 6.00. The summed E-state index contributed by atoms with van der Waals surface area (Å²) >= 11 is 3.18. The van der Waals surface area contributed by atoms with Gasteiger partial charge in [-0.05, 0) is 58.3 Å². The minimum atomic E-state index is -0.662. The van der Waals surface area contributed by atoms with Gasteiger partial charge in [0.2, 0.25) is 0 Å². The quantitative estimate of drug-likeness (QED) is 0.873. The molecule has 0 saturated heterocycles. The van der Waals surface area contributed by atoms with E-state index in [4.69, 9.17) is 0 Å². The summed E-state index contributed by atoms with van der Waals surface area (Å²) < 4.78 is 13.6. The van der Waals surface area contributed by atoms with Gasteiger partial charge in [-0.15, -0.1) is 0 Å². The number of benzene rings is 1. The molecule has 94 valence electrons. The largest absolute Gasteiger partial charge is 0.389 e. The molecule has 1 aromatic rings. The molecule has 2 rings (SSSR count). The Kier molecular flexibility index (Phi) is 3.34. The molecule has 0 bridgehead atoms. The van der Waals surface area contributed by atoms with Crippen molar-refractivity contribution in [1.82, 2.24) is 0 Å². The van der Waals surface area contributed by atoms with Crippen molar-refractivity contribution in [2.45, 2.75) is 45.1 Å². The zero-order valence-electron chi connectivity index (χ0n) is 10.3. The van der Waals surface area contributed by atoms with Crippen LogP contribution < -0.4 is 0 Å². The van der Waals surface area contributed by atoms with Crippen molar-refractivity contribution in [1.29, 1.82) is 0 Å². The third-order valence-corrected chi connectivity index (χ3v) is 4.74. The van der Waals surface area contributed by atoms with E-state index < -0.39 is 5.60 Å². The van der Waals surface area contributed by atoms with Gasteiger partial charge in [0.05, 0.1) is 10.1 Å². The molecule has 17 heavy (non-hydrogen) atoms. The maximum Gasteiger partial charge on any atom is 0.137 e. The number of rotatable bonds is 2. The number of aliphatic hydroxyl groups is 1. The van der Waals surface area contributed by atoms with E-state index in [1.807, 2.05) is 0 Å². The zero-order valence-corrected chi connectivity index (χ0v) is 11.8. The molecular weight excluding hydrogens is 283 g/mol. The first kappa shape index (κ1) is 13.0. The molecule has 1 aromatic carbocycles. The Bertz CT molecular complexity index is 430. The summed E-state index contributed by atoms with van der Waals surface area (Å²) in [6, 6.07) is 4.97. The molecule has 1 aliphatic carbocycles. The van der Waals surface area contributed by atoms with Gasteiger partial charge in [0.25, 0.3) is 0 Å². The summed E-state index contributed by atoms with van der Waals surface area (Å²) in [4.78, 5) is 0. The van der Waals surface area contributed by atoms with Gasteiger partial charge < -0.3 is 5.11 Å². The van der Waals surface area contributed by atoms with Crippen LogP contribution in [-0.2, 0) is 6.42 Å². The molecule has 1 fully saturated rings. The van der Waals surface area contributed by atoms with Crippen molar-refractivity contribution >= 4 is 15.9 Å². The normalized spacial score (nSPS) is 27.4. The average molecular weight is 301 g/mol. The van der Waals surface area contributed by atoms with E-state index in [-0.39, 0.29) is 11.2 Å². The predicted molar refractivity (Wildman–Crippen MR) is 70.4 cm³/mol. The first-order valence-corrected chi connectivity index (χ1v) is 6.80. The Morgan fingerprint density at radius 1 is 1.35 bits per heavy atom. The highest BCUT2D eigenvalue weighted by molar-refractivity contribution is 9.10. The second-order valence-electron chi connectivity index (χ2n) is 5.69. The topological polar surface area (TPSA) is 20.2 Å². The third-order valence-electron chi connectivity index (χ3n) is 4.13. The van der Waals surface area contributed by atoms with Gasteiger partial charge in [0.15, 0.2) is 0 Å². The van der Waals surface area contributed by atoms with E-state index >= 15 is 0 Å². The summed E-state index contributed by atoms with van der Waals surface area (Å²) in [7, 11) is 0. The zero-order chi connectivity index (χ0) is 12.7. The predicted octanol–water partition coefficient (Wildman–Crippen LogP) is 4.07. The van der Waals surface area contributed by atoms with Crippen LogP contribution in [0.2, 0.25) is 0 Å². The molecule has 1 N–H and O–H groups in total. The summed E-state index contributed by atoms with van der Waals surface area (Å²) in [5.74, 6) is -0.258.